The number of fused-ring (bicyclic) bond motifs is 1. The lowest BCUT2D eigenvalue weighted by molar-refractivity contribution is 0.0527. The number of pyridine rings is 1. The molecule has 4 aromatic rings. The minimum atomic E-state index is -0.417. The maximum Gasteiger partial charge on any atom is 0.338 e. The number of hydrogen-bond acceptors (Lipinski definition) is 6. The molecule has 8 heteroatoms. The first kappa shape index (κ1) is 21.9. The average molecular weight is 450 g/mol. The predicted molar refractivity (Wildman–Crippen MR) is 124 cm³/mol. The molecule has 0 amide bonds. The standard InChI is InChI=1S/C24H24ClN5O2/c1-5-21-27-22-14(3)11-15(4)26-23(22)30(21)13-17-8-10-20(29-28-17)19-12-16(25)7-9-18(19)24(31)32-6-2/h7-12H,5-6,13H2,1-4H3. The Kier molecular flexibility index (Phi) is 6.19. The molecular weight excluding hydrogens is 426 g/mol. The Bertz CT molecular complexity index is 1300. The maximum atomic E-state index is 12.3. The number of nitrogens with zero attached hydrogens (tertiary/aromatic N) is 5. The van der Waals surface area contributed by atoms with Crippen LogP contribution in [0, 0.1) is 13.8 Å². The summed E-state index contributed by atoms with van der Waals surface area (Å²) >= 11 is 6.17. The molecule has 0 spiro atoms. The first-order valence-electron chi connectivity index (χ1n) is 10.5. The van der Waals surface area contributed by atoms with Crippen molar-refractivity contribution in [1.82, 2.24) is 24.7 Å². The van der Waals surface area contributed by atoms with E-state index in [9.17, 15) is 4.79 Å². The van der Waals surface area contributed by atoms with Gasteiger partial charge in [-0.2, -0.15) is 10.2 Å². The molecule has 0 atom stereocenters. The summed E-state index contributed by atoms with van der Waals surface area (Å²) in [6, 6.07) is 10.8. The fourth-order valence-corrected chi connectivity index (χ4v) is 3.92. The number of carbonyl (C=O) groups excluding carboxylic acids is 1. The van der Waals surface area contributed by atoms with Crippen molar-refractivity contribution in [2.45, 2.75) is 40.7 Å². The van der Waals surface area contributed by atoms with E-state index in [0.29, 0.717) is 28.4 Å². The average Bonchev–Trinajstić information content (AvgIpc) is 3.12. The van der Waals surface area contributed by atoms with Crippen molar-refractivity contribution in [1.29, 1.82) is 0 Å². The summed E-state index contributed by atoms with van der Waals surface area (Å²) in [5, 5.41) is 9.29. The summed E-state index contributed by atoms with van der Waals surface area (Å²) < 4.78 is 7.25. The lowest BCUT2D eigenvalue weighted by Gasteiger charge is -2.10. The van der Waals surface area contributed by atoms with Crippen molar-refractivity contribution >= 4 is 28.7 Å². The number of imidazole rings is 1. The maximum absolute atomic E-state index is 12.3. The molecule has 0 saturated carbocycles. The molecular formula is C24H24ClN5O2. The zero-order chi connectivity index (χ0) is 22.8. The van der Waals surface area contributed by atoms with Gasteiger partial charge < -0.3 is 9.30 Å². The van der Waals surface area contributed by atoms with Crippen molar-refractivity contribution in [3.63, 3.8) is 0 Å². The second-order valence-corrected chi connectivity index (χ2v) is 7.98. The molecule has 1 aromatic carbocycles. The third kappa shape index (κ3) is 4.21. The van der Waals surface area contributed by atoms with Gasteiger partial charge in [0.05, 0.1) is 30.1 Å². The van der Waals surface area contributed by atoms with Gasteiger partial charge in [-0.15, -0.1) is 0 Å². The first-order valence-corrected chi connectivity index (χ1v) is 10.9. The zero-order valence-corrected chi connectivity index (χ0v) is 19.3. The van der Waals surface area contributed by atoms with Crippen LogP contribution in [0.15, 0.2) is 36.4 Å². The number of esters is 1. The minimum absolute atomic E-state index is 0.289. The largest absolute Gasteiger partial charge is 0.462 e. The lowest BCUT2D eigenvalue weighted by Crippen LogP contribution is -2.09. The van der Waals surface area contributed by atoms with E-state index in [4.69, 9.17) is 26.3 Å². The van der Waals surface area contributed by atoms with Crippen LogP contribution >= 0.6 is 11.6 Å². The number of halogens is 1. The Balaban J connectivity index is 1.70. The molecule has 0 aliphatic heterocycles. The summed E-state index contributed by atoms with van der Waals surface area (Å²) in [7, 11) is 0. The SMILES string of the molecule is CCOC(=O)c1ccc(Cl)cc1-c1ccc(Cn2c(CC)nc3c(C)cc(C)nc32)nn1. The van der Waals surface area contributed by atoms with Crippen LogP contribution in [0.2, 0.25) is 5.02 Å². The molecule has 0 N–H and O–H groups in total. The molecule has 0 unspecified atom stereocenters. The van der Waals surface area contributed by atoms with E-state index in [2.05, 4.69) is 28.6 Å². The summed E-state index contributed by atoms with van der Waals surface area (Å²) in [6.07, 6.45) is 0.784. The Morgan fingerprint density at radius 2 is 1.88 bits per heavy atom. The molecule has 7 nitrogen and oxygen atoms in total. The lowest BCUT2D eigenvalue weighted by atomic mass is 10.0. The Hall–Kier alpha value is -3.32. The third-order valence-electron chi connectivity index (χ3n) is 5.21. The van der Waals surface area contributed by atoms with Gasteiger partial charge in [-0.25, -0.2) is 14.8 Å². The van der Waals surface area contributed by atoms with Crippen LogP contribution in [0.3, 0.4) is 0 Å². The second-order valence-electron chi connectivity index (χ2n) is 7.54. The van der Waals surface area contributed by atoms with Crippen LogP contribution in [0.1, 0.15) is 47.0 Å². The molecule has 3 aromatic heterocycles. The Labute approximate surface area is 191 Å². The normalized spacial score (nSPS) is 11.2. The Morgan fingerprint density at radius 1 is 1.06 bits per heavy atom. The molecule has 0 aliphatic carbocycles. The number of hydrogen-bond donors (Lipinski definition) is 0. The van der Waals surface area contributed by atoms with Crippen LogP contribution in [0.5, 0.6) is 0 Å². The van der Waals surface area contributed by atoms with E-state index in [1.54, 1.807) is 25.1 Å². The van der Waals surface area contributed by atoms with E-state index in [-0.39, 0.29) is 6.61 Å². The molecule has 32 heavy (non-hydrogen) atoms. The minimum Gasteiger partial charge on any atom is -0.462 e. The summed E-state index contributed by atoms with van der Waals surface area (Å²) in [4.78, 5) is 21.8. The quantitative estimate of drug-likeness (QED) is 0.387. The molecule has 3 heterocycles. The molecule has 0 fully saturated rings. The molecule has 0 bridgehead atoms. The summed E-state index contributed by atoms with van der Waals surface area (Å²) in [5.74, 6) is 0.533. The zero-order valence-electron chi connectivity index (χ0n) is 18.5. The van der Waals surface area contributed by atoms with Crippen molar-refractivity contribution in [3.05, 3.63) is 69.8 Å². The fourth-order valence-electron chi connectivity index (χ4n) is 3.75. The molecule has 0 aliphatic rings. The molecule has 4 rings (SSSR count). The second kappa shape index (κ2) is 9.04. The Morgan fingerprint density at radius 3 is 2.56 bits per heavy atom. The highest BCUT2D eigenvalue weighted by Crippen LogP contribution is 2.27. The summed E-state index contributed by atoms with van der Waals surface area (Å²) in [6.45, 7) is 8.67. The molecule has 0 saturated heterocycles. The van der Waals surface area contributed by atoms with Gasteiger partial charge >= 0.3 is 5.97 Å². The van der Waals surface area contributed by atoms with Crippen LogP contribution in [-0.2, 0) is 17.7 Å². The van der Waals surface area contributed by atoms with Gasteiger partial charge in [0.25, 0.3) is 0 Å². The van der Waals surface area contributed by atoms with E-state index in [0.717, 1.165) is 40.4 Å². The third-order valence-corrected chi connectivity index (χ3v) is 5.45. The van der Waals surface area contributed by atoms with Gasteiger partial charge in [-0.3, -0.25) is 0 Å². The number of benzene rings is 1. The van der Waals surface area contributed by atoms with Crippen molar-refractivity contribution < 1.29 is 9.53 Å². The van der Waals surface area contributed by atoms with E-state index < -0.39 is 5.97 Å². The molecule has 164 valence electrons. The van der Waals surface area contributed by atoms with Gasteiger partial charge in [-0.05, 0) is 62.7 Å². The molecule has 0 radical (unpaired) electrons. The monoisotopic (exact) mass is 449 g/mol. The van der Waals surface area contributed by atoms with Gasteiger partial charge in [0.1, 0.15) is 11.3 Å². The van der Waals surface area contributed by atoms with Crippen LogP contribution in [0.4, 0.5) is 0 Å². The van der Waals surface area contributed by atoms with Crippen molar-refractivity contribution in [2.75, 3.05) is 6.61 Å². The highest BCUT2D eigenvalue weighted by molar-refractivity contribution is 6.31. The number of aromatic nitrogens is 5. The summed E-state index contributed by atoms with van der Waals surface area (Å²) in [5.41, 5.74) is 6.13. The number of rotatable bonds is 6. The van der Waals surface area contributed by atoms with E-state index in [1.165, 1.54) is 0 Å². The smallest absolute Gasteiger partial charge is 0.338 e. The van der Waals surface area contributed by atoms with Gasteiger partial charge in [-0.1, -0.05) is 18.5 Å². The van der Waals surface area contributed by atoms with E-state index in [1.807, 2.05) is 25.1 Å². The topological polar surface area (TPSA) is 82.8 Å². The van der Waals surface area contributed by atoms with E-state index >= 15 is 0 Å². The van der Waals surface area contributed by atoms with Gasteiger partial charge in [0, 0.05) is 22.7 Å². The number of aryl methyl sites for hydroxylation is 3. The number of carbonyl (C=O) groups is 1. The fraction of sp³-hybridized carbons (Fsp3) is 0.292. The van der Waals surface area contributed by atoms with Crippen LogP contribution < -0.4 is 0 Å². The van der Waals surface area contributed by atoms with Crippen LogP contribution in [-0.4, -0.2) is 37.3 Å². The van der Waals surface area contributed by atoms with Crippen molar-refractivity contribution in [2.24, 2.45) is 0 Å². The van der Waals surface area contributed by atoms with Gasteiger partial charge in [0.15, 0.2) is 5.65 Å². The highest BCUT2D eigenvalue weighted by Gasteiger charge is 2.17. The van der Waals surface area contributed by atoms with Crippen molar-refractivity contribution in [3.8, 4) is 11.3 Å². The van der Waals surface area contributed by atoms with Gasteiger partial charge in [0.2, 0.25) is 0 Å². The first-order chi connectivity index (χ1) is 15.4. The van der Waals surface area contributed by atoms with Crippen LogP contribution in [0.25, 0.3) is 22.4 Å². The predicted octanol–water partition coefficient (Wildman–Crippen LogP) is 4.95. The number of ether oxygens (including phenoxy) is 1. The highest BCUT2D eigenvalue weighted by atomic mass is 35.5.